The number of aromatic amines is 1. The Labute approximate surface area is 92.0 Å². The predicted octanol–water partition coefficient (Wildman–Crippen LogP) is 1.71. The van der Waals surface area contributed by atoms with E-state index in [-0.39, 0.29) is 13.2 Å². The molecule has 0 atom stereocenters. The standard InChI is InChI=1S/C11H12N2O3/c14-5-6-16-11(15)13-9-1-2-10-8(7-9)3-4-12-10/h1-4,7,12,14H,5-6H2,(H,13,15). The summed E-state index contributed by atoms with van der Waals surface area (Å²) in [6.07, 6.45) is 1.27. The van der Waals surface area contributed by atoms with Gasteiger partial charge in [0.25, 0.3) is 0 Å². The van der Waals surface area contributed by atoms with Crippen LogP contribution in [0.3, 0.4) is 0 Å². The van der Waals surface area contributed by atoms with Crippen LogP contribution in [0, 0.1) is 0 Å². The molecule has 0 aliphatic carbocycles. The molecule has 1 amide bonds. The van der Waals surface area contributed by atoms with Crippen LogP contribution in [0.5, 0.6) is 0 Å². The molecule has 5 heteroatoms. The lowest BCUT2D eigenvalue weighted by Gasteiger charge is -2.05. The Morgan fingerprint density at radius 1 is 1.44 bits per heavy atom. The first-order valence-corrected chi connectivity index (χ1v) is 4.91. The minimum absolute atomic E-state index is 0.00175. The maximum atomic E-state index is 11.2. The van der Waals surface area contributed by atoms with Crippen molar-refractivity contribution in [3.8, 4) is 0 Å². The van der Waals surface area contributed by atoms with E-state index in [2.05, 4.69) is 15.0 Å². The van der Waals surface area contributed by atoms with E-state index in [0.717, 1.165) is 10.9 Å². The average Bonchev–Trinajstić information content (AvgIpc) is 2.73. The molecule has 0 aliphatic heterocycles. The van der Waals surface area contributed by atoms with Gasteiger partial charge in [-0.3, -0.25) is 5.32 Å². The summed E-state index contributed by atoms with van der Waals surface area (Å²) in [5.41, 5.74) is 1.67. The van der Waals surface area contributed by atoms with Gasteiger partial charge in [0.05, 0.1) is 6.61 Å². The van der Waals surface area contributed by atoms with E-state index in [1.54, 1.807) is 6.07 Å². The number of anilines is 1. The summed E-state index contributed by atoms with van der Waals surface area (Å²) < 4.78 is 4.68. The number of benzene rings is 1. The molecule has 1 aromatic carbocycles. The van der Waals surface area contributed by atoms with Crippen LogP contribution in [0.2, 0.25) is 0 Å². The Hall–Kier alpha value is -2.01. The number of ether oxygens (including phenoxy) is 1. The van der Waals surface area contributed by atoms with Crippen LogP contribution >= 0.6 is 0 Å². The molecule has 2 aromatic rings. The number of carbonyl (C=O) groups excluding carboxylic acids is 1. The molecule has 0 unspecified atom stereocenters. The van der Waals surface area contributed by atoms with Crippen LogP contribution in [0.4, 0.5) is 10.5 Å². The highest BCUT2D eigenvalue weighted by atomic mass is 16.6. The maximum absolute atomic E-state index is 11.2. The first-order chi connectivity index (χ1) is 7.79. The molecule has 0 spiro atoms. The highest BCUT2D eigenvalue weighted by Gasteiger charge is 2.03. The molecule has 0 radical (unpaired) electrons. The molecule has 3 N–H and O–H groups in total. The number of rotatable bonds is 3. The molecular weight excluding hydrogens is 208 g/mol. The minimum atomic E-state index is -0.566. The Bertz CT molecular complexity index is 493. The molecule has 16 heavy (non-hydrogen) atoms. The Morgan fingerprint density at radius 3 is 3.12 bits per heavy atom. The topological polar surface area (TPSA) is 74.4 Å². The number of hydrogen-bond donors (Lipinski definition) is 3. The summed E-state index contributed by atoms with van der Waals surface area (Å²) in [7, 11) is 0. The van der Waals surface area contributed by atoms with Gasteiger partial charge in [-0.2, -0.15) is 0 Å². The fourth-order valence-electron chi connectivity index (χ4n) is 1.42. The van der Waals surface area contributed by atoms with Gasteiger partial charge >= 0.3 is 6.09 Å². The fraction of sp³-hybridized carbons (Fsp3) is 0.182. The fourth-order valence-corrected chi connectivity index (χ4v) is 1.42. The van der Waals surface area contributed by atoms with E-state index >= 15 is 0 Å². The highest BCUT2D eigenvalue weighted by molar-refractivity contribution is 5.89. The Kier molecular flexibility index (Phi) is 3.07. The number of nitrogens with one attached hydrogen (secondary N) is 2. The van der Waals surface area contributed by atoms with Crippen molar-refractivity contribution in [1.29, 1.82) is 0 Å². The zero-order chi connectivity index (χ0) is 11.4. The summed E-state index contributed by atoms with van der Waals surface area (Å²) >= 11 is 0. The Balaban J connectivity index is 2.06. The lowest BCUT2D eigenvalue weighted by Crippen LogP contribution is -2.15. The van der Waals surface area contributed by atoms with Crippen LogP contribution in [0.25, 0.3) is 10.9 Å². The molecule has 0 saturated carbocycles. The summed E-state index contributed by atoms with van der Waals surface area (Å²) in [4.78, 5) is 14.3. The van der Waals surface area contributed by atoms with E-state index in [1.165, 1.54) is 0 Å². The van der Waals surface area contributed by atoms with Gasteiger partial charge in [0, 0.05) is 22.8 Å². The monoisotopic (exact) mass is 220 g/mol. The minimum Gasteiger partial charge on any atom is -0.447 e. The van der Waals surface area contributed by atoms with Crippen LogP contribution in [-0.4, -0.2) is 29.4 Å². The molecule has 1 aromatic heterocycles. The van der Waals surface area contributed by atoms with E-state index < -0.39 is 6.09 Å². The molecule has 5 nitrogen and oxygen atoms in total. The van der Waals surface area contributed by atoms with Crippen molar-refractivity contribution >= 4 is 22.7 Å². The van der Waals surface area contributed by atoms with Gasteiger partial charge in [-0.05, 0) is 24.3 Å². The van der Waals surface area contributed by atoms with Gasteiger partial charge in [0.2, 0.25) is 0 Å². The SMILES string of the molecule is O=C(Nc1ccc2[nH]ccc2c1)OCCO. The van der Waals surface area contributed by atoms with Gasteiger partial charge in [0.1, 0.15) is 6.61 Å². The first-order valence-electron chi connectivity index (χ1n) is 4.91. The zero-order valence-electron chi connectivity index (χ0n) is 8.56. The molecule has 0 saturated heterocycles. The van der Waals surface area contributed by atoms with E-state index in [1.807, 2.05) is 24.4 Å². The van der Waals surface area contributed by atoms with Crippen molar-refractivity contribution in [3.63, 3.8) is 0 Å². The molecule has 0 fully saturated rings. The van der Waals surface area contributed by atoms with Gasteiger partial charge in [-0.25, -0.2) is 4.79 Å². The van der Waals surface area contributed by atoms with E-state index in [9.17, 15) is 4.79 Å². The lowest BCUT2D eigenvalue weighted by atomic mass is 10.2. The second kappa shape index (κ2) is 4.67. The molecule has 0 bridgehead atoms. The second-order valence-corrected chi connectivity index (χ2v) is 3.26. The molecule has 84 valence electrons. The normalized spacial score (nSPS) is 10.3. The molecule has 1 heterocycles. The number of H-pyrrole nitrogens is 1. The zero-order valence-corrected chi connectivity index (χ0v) is 8.56. The van der Waals surface area contributed by atoms with Crippen molar-refractivity contribution in [2.75, 3.05) is 18.5 Å². The van der Waals surface area contributed by atoms with Gasteiger partial charge in [0.15, 0.2) is 0 Å². The number of fused-ring (bicyclic) bond motifs is 1. The summed E-state index contributed by atoms with van der Waals surface area (Å²) in [5.74, 6) is 0. The third kappa shape index (κ3) is 2.32. The van der Waals surface area contributed by atoms with Crippen LogP contribution in [0.15, 0.2) is 30.5 Å². The largest absolute Gasteiger partial charge is 0.447 e. The summed E-state index contributed by atoms with van der Waals surface area (Å²) in [5, 5.41) is 12.1. The molecule has 2 rings (SSSR count). The van der Waals surface area contributed by atoms with Crippen molar-refractivity contribution in [3.05, 3.63) is 30.5 Å². The molecular formula is C11H12N2O3. The quantitative estimate of drug-likeness (QED) is 0.737. The second-order valence-electron chi connectivity index (χ2n) is 3.26. The first kappa shape index (κ1) is 10.5. The van der Waals surface area contributed by atoms with Crippen molar-refractivity contribution < 1.29 is 14.6 Å². The van der Waals surface area contributed by atoms with E-state index in [0.29, 0.717) is 5.69 Å². The van der Waals surface area contributed by atoms with Crippen molar-refractivity contribution in [1.82, 2.24) is 4.98 Å². The van der Waals surface area contributed by atoms with Crippen molar-refractivity contribution in [2.45, 2.75) is 0 Å². The van der Waals surface area contributed by atoms with Crippen molar-refractivity contribution in [2.24, 2.45) is 0 Å². The van der Waals surface area contributed by atoms with Crippen LogP contribution in [-0.2, 0) is 4.74 Å². The lowest BCUT2D eigenvalue weighted by molar-refractivity contribution is 0.131. The summed E-state index contributed by atoms with van der Waals surface area (Å²) in [6.45, 7) is -0.178. The number of aromatic nitrogens is 1. The van der Waals surface area contributed by atoms with E-state index in [4.69, 9.17) is 5.11 Å². The third-order valence-corrected chi connectivity index (χ3v) is 2.12. The molecule has 0 aliphatic rings. The number of aliphatic hydroxyl groups is 1. The number of hydrogen-bond acceptors (Lipinski definition) is 3. The smallest absolute Gasteiger partial charge is 0.411 e. The Morgan fingerprint density at radius 2 is 2.31 bits per heavy atom. The van der Waals surface area contributed by atoms with Gasteiger partial charge in [-0.15, -0.1) is 0 Å². The third-order valence-electron chi connectivity index (χ3n) is 2.12. The van der Waals surface area contributed by atoms with Crippen LogP contribution in [0.1, 0.15) is 0 Å². The number of aliphatic hydroxyl groups excluding tert-OH is 1. The van der Waals surface area contributed by atoms with Gasteiger partial charge in [-0.1, -0.05) is 0 Å². The van der Waals surface area contributed by atoms with Crippen LogP contribution < -0.4 is 5.32 Å². The maximum Gasteiger partial charge on any atom is 0.411 e. The number of amides is 1. The van der Waals surface area contributed by atoms with Gasteiger partial charge < -0.3 is 14.8 Å². The predicted molar refractivity (Wildman–Crippen MR) is 60.4 cm³/mol. The summed E-state index contributed by atoms with van der Waals surface area (Å²) in [6, 6.07) is 7.40. The number of carbonyl (C=O) groups is 1. The average molecular weight is 220 g/mol. The highest BCUT2D eigenvalue weighted by Crippen LogP contribution is 2.17.